The maximum Gasteiger partial charge on any atom is 0.197 e. The molecule has 0 radical (unpaired) electrons. The van der Waals surface area contributed by atoms with Crippen molar-refractivity contribution in [3.63, 3.8) is 0 Å². The van der Waals surface area contributed by atoms with Gasteiger partial charge in [-0.15, -0.1) is 0 Å². The molecule has 0 amide bonds. The summed E-state index contributed by atoms with van der Waals surface area (Å²) < 4.78 is 4.96. The lowest BCUT2D eigenvalue weighted by Gasteiger charge is -2.19. The molecule has 0 bridgehead atoms. The Morgan fingerprint density at radius 2 is 2.17 bits per heavy atom. The van der Waals surface area contributed by atoms with E-state index < -0.39 is 0 Å². The lowest BCUT2D eigenvalue weighted by atomic mass is 10.1. The SMILES string of the molecule is CC(C)(C)NCc1ccoc1Cl. The first-order chi connectivity index (χ1) is 5.49. The summed E-state index contributed by atoms with van der Waals surface area (Å²) in [7, 11) is 0. The average molecular weight is 188 g/mol. The van der Waals surface area contributed by atoms with Crippen LogP contribution in [0.1, 0.15) is 26.3 Å². The molecule has 0 saturated carbocycles. The molecular weight excluding hydrogens is 174 g/mol. The second-order valence-electron chi connectivity index (χ2n) is 3.82. The van der Waals surface area contributed by atoms with Crippen LogP contribution >= 0.6 is 11.6 Å². The van der Waals surface area contributed by atoms with Crippen LogP contribution in [0.2, 0.25) is 5.22 Å². The molecule has 68 valence electrons. The Hall–Kier alpha value is -0.470. The number of hydrogen-bond donors (Lipinski definition) is 1. The summed E-state index contributed by atoms with van der Waals surface area (Å²) in [5.74, 6) is 0. The van der Waals surface area contributed by atoms with Gasteiger partial charge in [0.2, 0.25) is 0 Å². The largest absolute Gasteiger partial charge is 0.453 e. The van der Waals surface area contributed by atoms with Crippen LogP contribution in [0.4, 0.5) is 0 Å². The van der Waals surface area contributed by atoms with Crippen LogP contribution in [0.3, 0.4) is 0 Å². The Bertz CT molecular complexity index is 249. The van der Waals surface area contributed by atoms with Crippen LogP contribution in [0.25, 0.3) is 0 Å². The molecule has 1 aromatic heterocycles. The van der Waals surface area contributed by atoms with Crippen molar-refractivity contribution in [1.29, 1.82) is 0 Å². The molecule has 0 aliphatic carbocycles. The minimum atomic E-state index is 0.112. The topological polar surface area (TPSA) is 25.2 Å². The van der Waals surface area contributed by atoms with E-state index in [1.807, 2.05) is 6.07 Å². The van der Waals surface area contributed by atoms with Crippen LogP contribution in [0.15, 0.2) is 16.7 Å². The van der Waals surface area contributed by atoms with Gasteiger partial charge in [-0.1, -0.05) is 0 Å². The van der Waals surface area contributed by atoms with Crippen molar-refractivity contribution >= 4 is 11.6 Å². The number of rotatable bonds is 2. The van der Waals surface area contributed by atoms with Gasteiger partial charge in [-0.05, 0) is 38.4 Å². The van der Waals surface area contributed by atoms with E-state index in [0.29, 0.717) is 5.22 Å². The van der Waals surface area contributed by atoms with Crippen molar-refractivity contribution in [2.45, 2.75) is 32.9 Å². The zero-order valence-electron chi connectivity index (χ0n) is 7.65. The number of furan rings is 1. The van der Waals surface area contributed by atoms with E-state index in [4.69, 9.17) is 16.0 Å². The van der Waals surface area contributed by atoms with Gasteiger partial charge >= 0.3 is 0 Å². The molecule has 0 aromatic carbocycles. The van der Waals surface area contributed by atoms with Crippen molar-refractivity contribution in [3.8, 4) is 0 Å². The predicted molar refractivity (Wildman–Crippen MR) is 50.3 cm³/mol. The Morgan fingerprint density at radius 1 is 1.50 bits per heavy atom. The van der Waals surface area contributed by atoms with E-state index in [2.05, 4.69) is 26.1 Å². The quantitative estimate of drug-likeness (QED) is 0.771. The zero-order valence-corrected chi connectivity index (χ0v) is 8.40. The summed E-state index contributed by atoms with van der Waals surface area (Å²) in [6.45, 7) is 7.09. The second-order valence-corrected chi connectivity index (χ2v) is 4.17. The summed E-state index contributed by atoms with van der Waals surface area (Å²) in [4.78, 5) is 0. The highest BCUT2D eigenvalue weighted by Crippen LogP contribution is 2.16. The molecule has 0 saturated heterocycles. The Labute approximate surface area is 77.9 Å². The third kappa shape index (κ3) is 2.88. The molecule has 1 aromatic rings. The van der Waals surface area contributed by atoms with E-state index in [1.165, 1.54) is 0 Å². The van der Waals surface area contributed by atoms with Gasteiger partial charge in [-0.25, -0.2) is 0 Å². The molecule has 1 N–H and O–H groups in total. The van der Waals surface area contributed by atoms with Crippen molar-refractivity contribution in [3.05, 3.63) is 23.1 Å². The highest BCUT2D eigenvalue weighted by atomic mass is 35.5. The fraction of sp³-hybridized carbons (Fsp3) is 0.556. The molecule has 2 nitrogen and oxygen atoms in total. The van der Waals surface area contributed by atoms with Crippen molar-refractivity contribution < 1.29 is 4.42 Å². The lowest BCUT2D eigenvalue weighted by molar-refractivity contribution is 0.423. The first kappa shape index (κ1) is 9.62. The first-order valence-electron chi connectivity index (χ1n) is 3.96. The van der Waals surface area contributed by atoms with Crippen LogP contribution in [0.5, 0.6) is 0 Å². The minimum Gasteiger partial charge on any atom is -0.453 e. The highest BCUT2D eigenvalue weighted by Gasteiger charge is 2.10. The molecule has 3 heteroatoms. The predicted octanol–water partition coefficient (Wildman–Crippen LogP) is 2.82. The molecule has 1 rings (SSSR count). The zero-order chi connectivity index (χ0) is 9.19. The molecule has 0 aliphatic rings. The van der Waals surface area contributed by atoms with Crippen LogP contribution in [-0.4, -0.2) is 5.54 Å². The monoisotopic (exact) mass is 187 g/mol. The van der Waals surface area contributed by atoms with Crippen molar-refractivity contribution in [2.75, 3.05) is 0 Å². The van der Waals surface area contributed by atoms with Crippen molar-refractivity contribution in [1.82, 2.24) is 5.32 Å². The Balaban J connectivity index is 2.49. The second kappa shape index (κ2) is 3.50. The summed E-state index contributed by atoms with van der Waals surface area (Å²) in [6.07, 6.45) is 1.60. The van der Waals surface area contributed by atoms with Crippen molar-refractivity contribution in [2.24, 2.45) is 0 Å². The lowest BCUT2D eigenvalue weighted by Crippen LogP contribution is -2.34. The molecule has 1 heterocycles. The first-order valence-corrected chi connectivity index (χ1v) is 4.34. The third-order valence-corrected chi connectivity index (χ3v) is 1.83. The molecular formula is C9H14ClNO. The summed E-state index contributed by atoms with van der Waals surface area (Å²) in [6, 6.07) is 1.88. The Kier molecular flexibility index (Phi) is 2.80. The van der Waals surface area contributed by atoms with E-state index in [9.17, 15) is 0 Å². The highest BCUT2D eigenvalue weighted by molar-refractivity contribution is 6.29. The number of nitrogens with one attached hydrogen (secondary N) is 1. The summed E-state index contributed by atoms with van der Waals surface area (Å²) in [5.41, 5.74) is 1.12. The maximum atomic E-state index is 5.76. The standard InChI is InChI=1S/C9H14ClNO/c1-9(2,3)11-6-7-4-5-12-8(7)10/h4-5,11H,6H2,1-3H3. The smallest absolute Gasteiger partial charge is 0.197 e. The van der Waals surface area contributed by atoms with Gasteiger partial charge in [0.1, 0.15) is 0 Å². The third-order valence-electron chi connectivity index (χ3n) is 1.50. The van der Waals surface area contributed by atoms with Crippen LogP contribution in [-0.2, 0) is 6.54 Å². The fourth-order valence-electron chi connectivity index (χ4n) is 0.806. The van der Waals surface area contributed by atoms with Gasteiger partial charge in [0.05, 0.1) is 6.26 Å². The molecule has 12 heavy (non-hydrogen) atoms. The normalized spacial score (nSPS) is 12.0. The molecule has 0 aliphatic heterocycles. The van der Waals surface area contributed by atoms with Gasteiger partial charge in [0.25, 0.3) is 0 Å². The van der Waals surface area contributed by atoms with E-state index in [1.54, 1.807) is 6.26 Å². The maximum absolute atomic E-state index is 5.76. The van der Waals surface area contributed by atoms with Gasteiger partial charge in [-0.2, -0.15) is 0 Å². The van der Waals surface area contributed by atoms with Gasteiger partial charge in [0.15, 0.2) is 5.22 Å². The van der Waals surface area contributed by atoms with E-state index >= 15 is 0 Å². The van der Waals surface area contributed by atoms with Gasteiger partial charge < -0.3 is 9.73 Å². The number of hydrogen-bond acceptors (Lipinski definition) is 2. The van der Waals surface area contributed by atoms with Crippen LogP contribution in [0, 0.1) is 0 Å². The molecule has 0 unspecified atom stereocenters. The average Bonchev–Trinajstić information content (AvgIpc) is 2.29. The molecule has 0 spiro atoms. The minimum absolute atomic E-state index is 0.112. The van der Waals surface area contributed by atoms with E-state index in [-0.39, 0.29) is 5.54 Å². The number of halogens is 1. The molecule has 0 atom stereocenters. The van der Waals surface area contributed by atoms with Gasteiger partial charge in [0, 0.05) is 17.6 Å². The molecule has 0 fully saturated rings. The Morgan fingerprint density at radius 3 is 2.58 bits per heavy atom. The summed E-state index contributed by atoms with van der Waals surface area (Å²) >= 11 is 5.76. The summed E-state index contributed by atoms with van der Waals surface area (Å²) in [5, 5.41) is 3.80. The van der Waals surface area contributed by atoms with Crippen LogP contribution < -0.4 is 5.32 Å². The fourth-order valence-corrected chi connectivity index (χ4v) is 0.987. The van der Waals surface area contributed by atoms with Gasteiger partial charge in [-0.3, -0.25) is 0 Å². The van der Waals surface area contributed by atoms with E-state index in [0.717, 1.165) is 12.1 Å².